The van der Waals surface area contributed by atoms with Gasteiger partial charge in [-0.3, -0.25) is 4.79 Å². The molecule has 1 atom stereocenters. The van der Waals surface area contributed by atoms with Crippen molar-refractivity contribution in [2.75, 3.05) is 18.8 Å². The summed E-state index contributed by atoms with van der Waals surface area (Å²) in [5, 5.41) is 18.0. The van der Waals surface area contributed by atoms with Crippen LogP contribution in [0, 0.1) is 0 Å². The fourth-order valence-electron chi connectivity index (χ4n) is 4.23. The van der Waals surface area contributed by atoms with E-state index in [0.29, 0.717) is 18.8 Å². The molecule has 1 fully saturated rings. The van der Waals surface area contributed by atoms with Gasteiger partial charge in [-0.05, 0) is 42.3 Å². The van der Waals surface area contributed by atoms with E-state index in [-0.39, 0.29) is 24.2 Å². The van der Waals surface area contributed by atoms with Crippen molar-refractivity contribution < 1.29 is 14.7 Å². The van der Waals surface area contributed by atoms with Gasteiger partial charge >= 0.3 is 6.03 Å². The molecule has 7 nitrogen and oxygen atoms in total. The van der Waals surface area contributed by atoms with Crippen molar-refractivity contribution in [1.82, 2.24) is 15.5 Å². The molecule has 0 spiro atoms. The molecule has 32 heavy (non-hydrogen) atoms. The highest BCUT2D eigenvalue weighted by Gasteiger charge is 2.30. The molecule has 3 aromatic carbocycles. The van der Waals surface area contributed by atoms with Crippen LogP contribution in [0.2, 0.25) is 0 Å². The zero-order valence-corrected chi connectivity index (χ0v) is 17.9. The van der Waals surface area contributed by atoms with Gasteiger partial charge in [0.25, 0.3) is 0 Å². The standard InChI is InChI=1S/C25H28N4O3/c26-19-11-8-17(9-12-19)15-27-25(32)28-16-23(30)29-14-4-3-7-22(29)21-13-10-18-5-1-2-6-20(18)24(21)31/h1-2,5-6,8-13,22,31H,3-4,7,14-16,26H2,(H2,27,28,32). The van der Waals surface area contributed by atoms with E-state index in [2.05, 4.69) is 10.6 Å². The normalized spacial score (nSPS) is 16.0. The van der Waals surface area contributed by atoms with E-state index in [1.165, 1.54) is 0 Å². The summed E-state index contributed by atoms with van der Waals surface area (Å²) in [6, 6.07) is 18.2. The number of likely N-dealkylation sites (tertiary alicyclic amines) is 1. The quantitative estimate of drug-likeness (QED) is 0.461. The molecule has 1 saturated heterocycles. The SMILES string of the molecule is Nc1ccc(CNC(=O)NCC(=O)N2CCCCC2c2ccc3ccccc3c2O)cc1. The van der Waals surface area contributed by atoms with Crippen molar-refractivity contribution in [2.24, 2.45) is 0 Å². The molecule has 3 aromatic rings. The summed E-state index contributed by atoms with van der Waals surface area (Å²) in [5.41, 5.74) is 8.01. The lowest BCUT2D eigenvalue weighted by Crippen LogP contribution is -2.46. The van der Waals surface area contributed by atoms with Crippen LogP contribution in [0.3, 0.4) is 0 Å². The molecule has 4 rings (SSSR count). The number of nitrogens with one attached hydrogen (secondary N) is 2. The number of phenols is 1. The van der Waals surface area contributed by atoms with E-state index in [0.717, 1.165) is 41.2 Å². The lowest BCUT2D eigenvalue weighted by atomic mass is 9.92. The van der Waals surface area contributed by atoms with Crippen molar-refractivity contribution >= 4 is 28.4 Å². The number of piperidine rings is 1. The summed E-state index contributed by atoms with van der Waals surface area (Å²) < 4.78 is 0. The van der Waals surface area contributed by atoms with Crippen molar-refractivity contribution in [2.45, 2.75) is 31.8 Å². The lowest BCUT2D eigenvalue weighted by molar-refractivity contribution is -0.133. The third kappa shape index (κ3) is 4.77. The first-order valence-corrected chi connectivity index (χ1v) is 10.9. The van der Waals surface area contributed by atoms with E-state index in [1.807, 2.05) is 48.5 Å². The van der Waals surface area contributed by atoms with Crippen LogP contribution >= 0.6 is 0 Å². The highest BCUT2D eigenvalue weighted by Crippen LogP contribution is 2.39. The largest absolute Gasteiger partial charge is 0.507 e. The van der Waals surface area contributed by atoms with Gasteiger partial charge < -0.3 is 26.4 Å². The van der Waals surface area contributed by atoms with Crippen molar-refractivity contribution in [3.05, 3.63) is 71.8 Å². The van der Waals surface area contributed by atoms with Crippen molar-refractivity contribution in [3.8, 4) is 5.75 Å². The summed E-state index contributed by atoms with van der Waals surface area (Å²) in [5.74, 6) is 0.0619. The average Bonchev–Trinajstić information content (AvgIpc) is 2.82. The number of fused-ring (bicyclic) bond motifs is 1. The van der Waals surface area contributed by atoms with Crippen molar-refractivity contribution in [3.63, 3.8) is 0 Å². The summed E-state index contributed by atoms with van der Waals surface area (Å²) >= 11 is 0. The van der Waals surface area contributed by atoms with E-state index < -0.39 is 6.03 Å². The van der Waals surface area contributed by atoms with Gasteiger partial charge in [0.2, 0.25) is 5.91 Å². The number of nitrogen functional groups attached to an aromatic ring is 1. The first-order valence-electron chi connectivity index (χ1n) is 10.9. The fourth-order valence-corrected chi connectivity index (χ4v) is 4.23. The molecule has 1 aliphatic heterocycles. The van der Waals surface area contributed by atoms with E-state index in [1.54, 1.807) is 17.0 Å². The molecule has 0 aliphatic carbocycles. The minimum atomic E-state index is -0.405. The number of nitrogens with two attached hydrogens (primary N) is 1. The van der Waals surface area contributed by atoms with Crippen LogP contribution in [0.25, 0.3) is 10.8 Å². The van der Waals surface area contributed by atoms with Crippen LogP contribution in [0.4, 0.5) is 10.5 Å². The van der Waals surface area contributed by atoms with Crippen LogP contribution in [0.5, 0.6) is 5.75 Å². The number of carbonyl (C=O) groups is 2. The second kappa shape index (κ2) is 9.60. The second-order valence-electron chi connectivity index (χ2n) is 8.10. The highest BCUT2D eigenvalue weighted by molar-refractivity contribution is 5.90. The topological polar surface area (TPSA) is 108 Å². The summed E-state index contributed by atoms with van der Waals surface area (Å²) in [6.45, 7) is 0.848. The molecule has 0 bridgehead atoms. The Bertz CT molecular complexity index is 1110. The summed E-state index contributed by atoms with van der Waals surface area (Å²) in [6.07, 6.45) is 2.66. The Morgan fingerprint density at radius 1 is 1.00 bits per heavy atom. The fraction of sp³-hybridized carbons (Fsp3) is 0.280. The zero-order chi connectivity index (χ0) is 22.5. The van der Waals surface area contributed by atoms with Crippen LogP contribution < -0.4 is 16.4 Å². The molecule has 1 heterocycles. The maximum Gasteiger partial charge on any atom is 0.315 e. The van der Waals surface area contributed by atoms with Gasteiger partial charge in [-0.1, -0.05) is 48.5 Å². The third-order valence-corrected chi connectivity index (χ3v) is 5.95. The minimum Gasteiger partial charge on any atom is -0.507 e. The monoisotopic (exact) mass is 432 g/mol. The van der Waals surface area contributed by atoms with Crippen LogP contribution in [0.1, 0.15) is 36.4 Å². The zero-order valence-electron chi connectivity index (χ0n) is 17.9. The first kappa shape index (κ1) is 21.5. The molecule has 0 saturated carbocycles. The number of benzene rings is 3. The number of nitrogens with zero attached hydrogens (tertiary/aromatic N) is 1. The van der Waals surface area contributed by atoms with Gasteiger partial charge in [-0.25, -0.2) is 4.79 Å². The molecular formula is C25H28N4O3. The number of hydrogen-bond donors (Lipinski definition) is 4. The van der Waals surface area contributed by atoms with Gasteiger partial charge in [0.05, 0.1) is 12.6 Å². The van der Waals surface area contributed by atoms with Gasteiger partial charge in [-0.2, -0.15) is 0 Å². The Morgan fingerprint density at radius 2 is 1.78 bits per heavy atom. The maximum absolute atomic E-state index is 13.0. The number of aromatic hydroxyl groups is 1. The molecule has 3 amide bonds. The molecular weight excluding hydrogens is 404 g/mol. The van der Waals surface area contributed by atoms with Gasteiger partial charge in [0, 0.05) is 29.7 Å². The van der Waals surface area contributed by atoms with E-state index in [9.17, 15) is 14.7 Å². The Labute approximate surface area is 187 Å². The maximum atomic E-state index is 13.0. The predicted octanol–water partition coefficient (Wildman–Crippen LogP) is 3.68. The summed E-state index contributed by atoms with van der Waals surface area (Å²) in [4.78, 5) is 26.9. The number of carbonyl (C=O) groups excluding carboxylic acids is 2. The van der Waals surface area contributed by atoms with Gasteiger partial charge in [-0.15, -0.1) is 0 Å². The predicted molar refractivity (Wildman–Crippen MR) is 125 cm³/mol. The average molecular weight is 433 g/mol. The van der Waals surface area contributed by atoms with Crippen molar-refractivity contribution in [1.29, 1.82) is 0 Å². The van der Waals surface area contributed by atoms with Gasteiger partial charge in [0.1, 0.15) is 5.75 Å². The molecule has 0 radical (unpaired) electrons. The lowest BCUT2D eigenvalue weighted by Gasteiger charge is -2.36. The van der Waals surface area contributed by atoms with E-state index in [4.69, 9.17) is 5.73 Å². The highest BCUT2D eigenvalue weighted by atomic mass is 16.3. The van der Waals surface area contributed by atoms with E-state index >= 15 is 0 Å². The smallest absolute Gasteiger partial charge is 0.315 e. The first-order chi connectivity index (χ1) is 15.5. The molecule has 166 valence electrons. The number of anilines is 1. The molecule has 1 unspecified atom stereocenters. The molecule has 5 N–H and O–H groups in total. The Hall–Kier alpha value is -3.74. The minimum absolute atomic E-state index is 0.0988. The van der Waals surface area contributed by atoms with Gasteiger partial charge in [0.15, 0.2) is 0 Å². The summed E-state index contributed by atoms with van der Waals surface area (Å²) in [7, 11) is 0. The van der Waals surface area contributed by atoms with Crippen LogP contribution in [-0.4, -0.2) is 35.0 Å². The number of phenolic OH excluding ortho intramolecular Hbond substituents is 1. The number of hydrogen-bond acceptors (Lipinski definition) is 4. The Balaban J connectivity index is 1.39. The molecule has 7 heteroatoms. The number of amides is 3. The van der Waals surface area contributed by atoms with Crippen LogP contribution in [-0.2, 0) is 11.3 Å². The Morgan fingerprint density at radius 3 is 2.59 bits per heavy atom. The second-order valence-corrected chi connectivity index (χ2v) is 8.10. The number of urea groups is 1. The Kier molecular flexibility index (Phi) is 6.44. The molecule has 1 aliphatic rings. The number of rotatable bonds is 5. The third-order valence-electron chi connectivity index (χ3n) is 5.95. The molecule has 0 aromatic heterocycles. The van der Waals surface area contributed by atoms with Crippen LogP contribution in [0.15, 0.2) is 60.7 Å².